The molecule has 1 fully saturated rings. The van der Waals surface area contributed by atoms with Crippen molar-refractivity contribution in [2.24, 2.45) is 20.0 Å². The number of aromatic nitrogens is 6. The van der Waals surface area contributed by atoms with Gasteiger partial charge < -0.3 is 9.80 Å². The lowest BCUT2D eigenvalue weighted by Crippen LogP contribution is -2.46. The average Bonchev–Trinajstić information content (AvgIpc) is 3.75. The molecule has 266 valence electrons. The summed E-state index contributed by atoms with van der Waals surface area (Å²) in [5.74, 6) is -0.148. The Labute approximate surface area is 293 Å². The Morgan fingerprint density at radius 3 is 2.35 bits per heavy atom. The first-order valence-electron chi connectivity index (χ1n) is 16.8. The van der Waals surface area contributed by atoms with E-state index in [1.165, 1.54) is 40.4 Å². The minimum Gasteiger partial charge on any atom is -0.349 e. The van der Waals surface area contributed by atoms with Crippen LogP contribution in [-0.2, 0) is 26.8 Å². The molecule has 3 heterocycles. The van der Waals surface area contributed by atoms with Crippen molar-refractivity contribution < 1.29 is 22.4 Å². The molecule has 0 radical (unpaired) electrons. The van der Waals surface area contributed by atoms with Gasteiger partial charge in [0.2, 0.25) is 0 Å². The summed E-state index contributed by atoms with van der Waals surface area (Å²) in [6.07, 6.45) is 0.143. The number of aryl methyl sites for hydroxylation is 2. The van der Waals surface area contributed by atoms with Gasteiger partial charge in [0.15, 0.2) is 0 Å². The van der Waals surface area contributed by atoms with Gasteiger partial charge in [-0.15, -0.1) is 0 Å². The number of carbonyl (C=O) groups is 1. The predicted octanol–water partition coefficient (Wildman–Crippen LogP) is 5.53. The van der Waals surface area contributed by atoms with Gasteiger partial charge in [-0.05, 0) is 87.2 Å². The van der Waals surface area contributed by atoms with Gasteiger partial charge in [-0.2, -0.15) is 28.6 Å². The average molecular weight is 701 g/mol. The monoisotopic (exact) mass is 700 g/mol. The number of halogens is 3. The summed E-state index contributed by atoms with van der Waals surface area (Å²) >= 11 is 0. The van der Waals surface area contributed by atoms with E-state index >= 15 is 0 Å². The second-order valence-corrected chi connectivity index (χ2v) is 14.1. The third kappa shape index (κ3) is 7.39. The largest absolute Gasteiger partial charge is 0.416 e. The summed E-state index contributed by atoms with van der Waals surface area (Å²) in [5, 5.41) is 21.3. The number of nitrogens with zero attached hydrogens (tertiary/aromatic N) is 8. The standard InChI is InChI=1S/C37H40F3N9O2/c1-24-19-31(45(2)44-24)23-49(4,5)22-26-9-13-28(14-10-26)43-35(50)33-34(32-17-18-42-47(32)29-15-11-25(21-41)12-16-29)46(3)48(36(33)51)30-8-6-7-27(20-30)37(38,39)40/h6-8,11-12,15-20,26,28H,9-10,13-14,22-23H2,1-5H3/p+1/t26-,28-. The lowest BCUT2D eigenvalue weighted by atomic mass is 9.85. The van der Waals surface area contributed by atoms with E-state index in [1.54, 1.807) is 30.3 Å². The maximum absolute atomic E-state index is 14.2. The van der Waals surface area contributed by atoms with Gasteiger partial charge in [0.05, 0.1) is 72.5 Å². The number of nitrogens with one attached hydrogen (secondary N) is 1. The predicted molar refractivity (Wildman–Crippen MR) is 185 cm³/mol. The van der Waals surface area contributed by atoms with Crippen LogP contribution < -0.4 is 10.9 Å². The van der Waals surface area contributed by atoms with Crippen molar-refractivity contribution in [3.8, 4) is 28.8 Å². The minimum absolute atomic E-state index is 0.0374. The number of hydrogen-bond acceptors (Lipinski definition) is 5. The number of amides is 1. The molecule has 3 aromatic heterocycles. The summed E-state index contributed by atoms with van der Waals surface area (Å²) in [6.45, 7) is 3.80. The summed E-state index contributed by atoms with van der Waals surface area (Å²) in [7, 11) is 7.92. The molecule has 0 atom stereocenters. The molecule has 2 aromatic carbocycles. The Morgan fingerprint density at radius 2 is 1.73 bits per heavy atom. The lowest BCUT2D eigenvalue weighted by Gasteiger charge is -2.36. The first kappa shape index (κ1) is 35.4. The van der Waals surface area contributed by atoms with E-state index in [0.29, 0.717) is 22.9 Å². The molecular formula is C37H41F3N9O2+. The van der Waals surface area contributed by atoms with Crippen LogP contribution in [0.1, 0.15) is 58.6 Å². The van der Waals surface area contributed by atoms with Gasteiger partial charge in [0.25, 0.3) is 11.5 Å². The molecule has 51 heavy (non-hydrogen) atoms. The van der Waals surface area contributed by atoms with Crippen LogP contribution in [-0.4, -0.2) is 66.0 Å². The first-order chi connectivity index (χ1) is 24.1. The van der Waals surface area contributed by atoms with E-state index in [-0.39, 0.29) is 23.0 Å². The quantitative estimate of drug-likeness (QED) is 0.203. The second kappa shape index (κ2) is 13.7. The Hall–Kier alpha value is -5.42. The highest BCUT2D eigenvalue weighted by molar-refractivity contribution is 6.00. The Balaban J connectivity index is 1.29. The van der Waals surface area contributed by atoms with E-state index in [0.717, 1.165) is 65.8 Å². The zero-order valence-corrected chi connectivity index (χ0v) is 29.3. The van der Waals surface area contributed by atoms with Crippen LogP contribution in [0.25, 0.3) is 22.8 Å². The Kier molecular flexibility index (Phi) is 9.52. The first-order valence-corrected chi connectivity index (χ1v) is 16.8. The molecule has 1 saturated carbocycles. The summed E-state index contributed by atoms with van der Waals surface area (Å²) in [5.41, 5.74) is 1.83. The van der Waals surface area contributed by atoms with Crippen LogP contribution in [0, 0.1) is 24.2 Å². The number of carbonyl (C=O) groups excluding carboxylic acids is 1. The van der Waals surface area contributed by atoms with Crippen molar-refractivity contribution in [3.05, 3.63) is 105 Å². The van der Waals surface area contributed by atoms with Crippen molar-refractivity contribution in [3.63, 3.8) is 0 Å². The zero-order valence-electron chi connectivity index (χ0n) is 29.3. The number of benzene rings is 2. The van der Waals surface area contributed by atoms with E-state index in [4.69, 9.17) is 0 Å². The number of rotatable bonds is 9. The minimum atomic E-state index is -4.63. The third-order valence-corrected chi connectivity index (χ3v) is 9.66. The van der Waals surface area contributed by atoms with Crippen molar-refractivity contribution in [2.45, 2.75) is 51.4 Å². The SMILES string of the molecule is Cc1cc(C[N+](C)(C)C[C@H]2CC[C@H](NC(=O)c3c(-c4ccnn4-c4ccc(C#N)cc4)n(C)n(-c4cccc(C(F)(F)F)c4)c3=O)CC2)n(C)n1. The summed E-state index contributed by atoms with van der Waals surface area (Å²) in [6, 6.07) is 16.7. The van der Waals surface area contributed by atoms with Crippen molar-refractivity contribution in [1.29, 1.82) is 5.26 Å². The highest BCUT2D eigenvalue weighted by atomic mass is 19.4. The van der Waals surface area contributed by atoms with E-state index in [9.17, 15) is 28.0 Å². The maximum atomic E-state index is 14.2. The second-order valence-electron chi connectivity index (χ2n) is 14.1. The van der Waals surface area contributed by atoms with Crippen molar-refractivity contribution in [1.82, 2.24) is 34.2 Å². The van der Waals surface area contributed by atoms with Gasteiger partial charge >= 0.3 is 6.18 Å². The maximum Gasteiger partial charge on any atom is 0.416 e. The van der Waals surface area contributed by atoms with Crippen LogP contribution in [0.2, 0.25) is 0 Å². The lowest BCUT2D eigenvalue weighted by molar-refractivity contribution is -0.907. The fourth-order valence-corrected chi connectivity index (χ4v) is 7.33. The number of alkyl halides is 3. The highest BCUT2D eigenvalue weighted by Gasteiger charge is 2.34. The molecule has 1 aliphatic rings. The normalized spacial score (nSPS) is 16.6. The number of nitriles is 1. The zero-order chi connectivity index (χ0) is 36.7. The molecule has 1 aliphatic carbocycles. The molecule has 11 nitrogen and oxygen atoms in total. The van der Waals surface area contributed by atoms with Crippen LogP contribution in [0.4, 0.5) is 13.2 Å². The summed E-state index contributed by atoms with van der Waals surface area (Å²) in [4.78, 5) is 28.3. The molecule has 5 aromatic rings. The highest BCUT2D eigenvalue weighted by Crippen LogP contribution is 2.32. The third-order valence-electron chi connectivity index (χ3n) is 9.66. The molecule has 0 bridgehead atoms. The van der Waals surface area contributed by atoms with Crippen LogP contribution in [0.5, 0.6) is 0 Å². The molecule has 6 rings (SSSR count). The smallest absolute Gasteiger partial charge is 0.349 e. The molecular weight excluding hydrogens is 659 g/mol. The van der Waals surface area contributed by atoms with Crippen LogP contribution >= 0.6 is 0 Å². The van der Waals surface area contributed by atoms with Gasteiger partial charge in [-0.1, -0.05) is 6.07 Å². The van der Waals surface area contributed by atoms with E-state index in [1.807, 2.05) is 18.7 Å². The molecule has 14 heteroatoms. The summed E-state index contributed by atoms with van der Waals surface area (Å²) < 4.78 is 47.9. The fraction of sp³-hybridized carbons (Fsp3) is 0.378. The number of hydrogen-bond donors (Lipinski definition) is 1. The molecule has 0 spiro atoms. The molecule has 0 saturated heterocycles. The fourth-order valence-electron chi connectivity index (χ4n) is 7.33. The van der Waals surface area contributed by atoms with Crippen molar-refractivity contribution in [2.75, 3.05) is 20.6 Å². The van der Waals surface area contributed by atoms with Crippen LogP contribution in [0.15, 0.2) is 71.7 Å². The molecule has 0 aliphatic heterocycles. The molecule has 0 unspecified atom stereocenters. The Morgan fingerprint density at radius 1 is 1.02 bits per heavy atom. The topological polar surface area (TPSA) is 115 Å². The van der Waals surface area contributed by atoms with Crippen molar-refractivity contribution >= 4 is 5.91 Å². The van der Waals surface area contributed by atoms with E-state index in [2.05, 4.69) is 41.7 Å². The Bertz CT molecular complexity index is 2160. The van der Waals surface area contributed by atoms with E-state index < -0.39 is 23.2 Å². The van der Waals surface area contributed by atoms with Gasteiger partial charge in [-0.3, -0.25) is 19.0 Å². The molecule has 1 amide bonds. The molecule has 1 N–H and O–H groups in total. The number of quaternary nitrogens is 1. The van der Waals surface area contributed by atoms with Gasteiger partial charge in [0.1, 0.15) is 17.8 Å². The van der Waals surface area contributed by atoms with Gasteiger partial charge in [-0.25, -0.2) is 9.36 Å². The van der Waals surface area contributed by atoms with Crippen LogP contribution in [0.3, 0.4) is 0 Å². The van der Waals surface area contributed by atoms with Gasteiger partial charge in [0, 0.05) is 26.1 Å².